The zero-order valence-electron chi connectivity index (χ0n) is 6.47. The molecular formula is C7H4F4O3. The van der Waals surface area contributed by atoms with E-state index in [2.05, 4.69) is 0 Å². The molecule has 0 spiro atoms. The minimum Gasteiger partial charge on any atom is -0.478 e. The SMILES string of the molecule is O=C(O)C1=C(F)C(F)C(O)(F)C(F)=C1. The van der Waals surface area contributed by atoms with Crippen molar-refractivity contribution in [2.24, 2.45) is 0 Å². The highest BCUT2D eigenvalue weighted by Crippen LogP contribution is 2.37. The van der Waals surface area contributed by atoms with Crippen LogP contribution in [0.5, 0.6) is 0 Å². The molecule has 2 unspecified atom stereocenters. The maximum Gasteiger partial charge on any atom is 0.338 e. The summed E-state index contributed by atoms with van der Waals surface area (Å²) in [5.74, 6) is -10.2. The van der Waals surface area contributed by atoms with Crippen LogP contribution in [0.1, 0.15) is 0 Å². The van der Waals surface area contributed by atoms with Crippen molar-refractivity contribution in [3.63, 3.8) is 0 Å². The Labute approximate surface area is 75.0 Å². The van der Waals surface area contributed by atoms with Gasteiger partial charge in [-0.25, -0.2) is 22.4 Å². The van der Waals surface area contributed by atoms with E-state index in [9.17, 15) is 22.4 Å². The molecule has 1 rings (SSSR count). The highest BCUT2D eigenvalue weighted by molar-refractivity contribution is 5.91. The van der Waals surface area contributed by atoms with Gasteiger partial charge in [0.1, 0.15) is 0 Å². The predicted octanol–water partition coefficient (Wildman–Crippen LogP) is 1.16. The fourth-order valence-electron chi connectivity index (χ4n) is 0.886. The second kappa shape index (κ2) is 3.09. The number of carboxylic acids is 1. The zero-order chi connectivity index (χ0) is 11.1. The van der Waals surface area contributed by atoms with E-state index in [0.29, 0.717) is 0 Å². The quantitative estimate of drug-likeness (QED) is 0.641. The topological polar surface area (TPSA) is 57.5 Å². The predicted molar refractivity (Wildman–Crippen MR) is 35.9 cm³/mol. The van der Waals surface area contributed by atoms with Crippen LogP contribution in [0.2, 0.25) is 0 Å². The molecule has 1 aliphatic rings. The molecule has 0 aliphatic heterocycles. The van der Waals surface area contributed by atoms with Crippen LogP contribution in [-0.4, -0.2) is 28.2 Å². The summed E-state index contributed by atoms with van der Waals surface area (Å²) in [6.45, 7) is 0. The molecule has 0 radical (unpaired) electrons. The van der Waals surface area contributed by atoms with Crippen molar-refractivity contribution in [2.45, 2.75) is 12.0 Å². The van der Waals surface area contributed by atoms with Crippen LogP contribution in [0.15, 0.2) is 23.3 Å². The molecule has 3 nitrogen and oxygen atoms in total. The molecule has 0 bridgehead atoms. The number of carboxylic acid groups (broad SMARTS) is 1. The van der Waals surface area contributed by atoms with Crippen LogP contribution in [-0.2, 0) is 4.79 Å². The van der Waals surface area contributed by atoms with Gasteiger partial charge in [-0.15, -0.1) is 0 Å². The largest absolute Gasteiger partial charge is 0.478 e. The van der Waals surface area contributed by atoms with Gasteiger partial charge in [-0.2, -0.15) is 0 Å². The van der Waals surface area contributed by atoms with Crippen LogP contribution in [0.4, 0.5) is 17.6 Å². The number of carbonyl (C=O) groups is 1. The fourth-order valence-corrected chi connectivity index (χ4v) is 0.886. The van der Waals surface area contributed by atoms with E-state index in [1.807, 2.05) is 0 Å². The van der Waals surface area contributed by atoms with Crippen molar-refractivity contribution >= 4 is 5.97 Å². The minimum atomic E-state index is -4.14. The first-order valence-corrected chi connectivity index (χ1v) is 3.34. The lowest BCUT2D eigenvalue weighted by Gasteiger charge is -2.24. The second-order valence-corrected chi connectivity index (χ2v) is 2.59. The summed E-state index contributed by atoms with van der Waals surface area (Å²) in [5.41, 5.74) is -1.35. The number of hydrogen-bond acceptors (Lipinski definition) is 2. The number of hydrogen-bond donors (Lipinski definition) is 2. The monoisotopic (exact) mass is 212 g/mol. The first kappa shape index (κ1) is 10.7. The van der Waals surface area contributed by atoms with Gasteiger partial charge in [0.25, 0.3) is 5.85 Å². The Balaban J connectivity index is 3.27. The van der Waals surface area contributed by atoms with Crippen molar-refractivity contribution < 1.29 is 32.6 Å². The van der Waals surface area contributed by atoms with Gasteiger partial charge < -0.3 is 10.2 Å². The lowest BCUT2D eigenvalue weighted by molar-refractivity contribution is -0.135. The van der Waals surface area contributed by atoms with Gasteiger partial charge in [0.15, 0.2) is 11.7 Å². The molecule has 2 atom stereocenters. The van der Waals surface area contributed by atoms with Crippen molar-refractivity contribution in [1.82, 2.24) is 0 Å². The summed E-state index contributed by atoms with van der Waals surface area (Å²) in [6.07, 6.45) is -3.47. The van der Waals surface area contributed by atoms with Gasteiger partial charge in [0, 0.05) is 0 Å². The Bertz CT molecular complexity index is 345. The van der Waals surface area contributed by atoms with E-state index in [1.54, 1.807) is 0 Å². The number of aliphatic hydroxyl groups is 1. The lowest BCUT2D eigenvalue weighted by atomic mass is 9.99. The summed E-state index contributed by atoms with van der Waals surface area (Å²) >= 11 is 0. The molecule has 0 aromatic rings. The van der Waals surface area contributed by atoms with Gasteiger partial charge in [0.2, 0.25) is 6.17 Å². The van der Waals surface area contributed by atoms with E-state index in [0.717, 1.165) is 0 Å². The first-order chi connectivity index (χ1) is 6.28. The molecule has 0 aromatic carbocycles. The first-order valence-electron chi connectivity index (χ1n) is 3.34. The van der Waals surface area contributed by atoms with Gasteiger partial charge >= 0.3 is 5.97 Å². The molecule has 7 heteroatoms. The van der Waals surface area contributed by atoms with Crippen LogP contribution >= 0.6 is 0 Å². The lowest BCUT2D eigenvalue weighted by Crippen LogP contribution is -2.39. The van der Waals surface area contributed by atoms with Crippen LogP contribution in [0.25, 0.3) is 0 Å². The summed E-state index contributed by atoms with van der Waals surface area (Å²) in [4.78, 5) is 10.2. The fraction of sp³-hybridized carbons (Fsp3) is 0.286. The Morgan fingerprint density at radius 1 is 1.50 bits per heavy atom. The Kier molecular flexibility index (Phi) is 2.36. The minimum absolute atomic E-state index is 0.103. The van der Waals surface area contributed by atoms with Crippen molar-refractivity contribution in [3.05, 3.63) is 23.3 Å². The summed E-state index contributed by atoms with van der Waals surface area (Å²) in [6, 6.07) is 0. The number of halogens is 4. The standard InChI is InChI=1S/C7H4F4O3/c8-3-1-2(6(12)13)4(9)5(10)7(3,11)14/h1,5,14H,(H,12,13). The van der Waals surface area contributed by atoms with Crippen LogP contribution in [0, 0.1) is 0 Å². The Morgan fingerprint density at radius 3 is 2.43 bits per heavy atom. The second-order valence-electron chi connectivity index (χ2n) is 2.59. The van der Waals surface area contributed by atoms with E-state index in [-0.39, 0.29) is 6.08 Å². The maximum atomic E-state index is 12.7. The summed E-state index contributed by atoms with van der Waals surface area (Å²) in [5, 5.41) is 16.7. The van der Waals surface area contributed by atoms with E-state index in [4.69, 9.17) is 10.2 Å². The number of aliphatic carboxylic acids is 1. The number of rotatable bonds is 1. The molecule has 14 heavy (non-hydrogen) atoms. The smallest absolute Gasteiger partial charge is 0.338 e. The van der Waals surface area contributed by atoms with Gasteiger partial charge in [0.05, 0.1) is 5.57 Å². The average Bonchev–Trinajstić information content (AvgIpc) is 2.08. The van der Waals surface area contributed by atoms with Gasteiger partial charge in [-0.1, -0.05) is 0 Å². The third-order valence-corrected chi connectivity index (χ3v) is 1.65. The Hall–Kier alpha value is -1.37. The maximum absolute atomic E-state index is 12.7. The highest BCUT2D eigenvalue weighted by atomic mass is 19.2. The molecule has 0 saturated heterocycles. The molecule has 0 amide bonds. The van der Waals surface area contributed by atoms with Crippen molar-refractivity contribution in [1.29, 1.82) is 0 Å². The molecule has 0 saturated carbocycles. The zero-order valence-corrected chi connectivity index (χ0v) is 6.47. The Morgan fingerprint density at radius 2 is 2.00 bits per heavy atom. The van der Waals surface area contributed by atoms with E-state index in [1.165, 1.54) is 0 Å². The molecule has 78 valence electrons. The van der Waals surface area contributed by atoms with Gasteiger partial charge in [-0.05, 0) is 6.08 Å². The highest BCUT2D eigenvalue weighted by Gasteiger charge is 2.50. The van der Waals surface area contributed by atoms with Crippen molar-refractivity contribution in [2.75, 3.05) is 0 Å². The van der Waals surface area contributed by atoms with Crippen molar-refractivity contribution in [3.8, 4) is 0 Å². The third-order valence-electron chi connectivity index (χ3n) is 1.65. The molecule has 1 aliphatic carbocycles. The normalized spacial score (nSPS) is 32.9. The average molecular weight is 212 g/mol. The number of alkyl halides is 2. The van der Waals surface area contributed by atoms with E-state index >= 15 is 0 Å². The third kappa shape index (κ3) is 1.39. The van der Waals surface area contributed by atoms with Gasteiger partial charge in [-0.3, -0.25) is 0 Å². The summed E-state index contributed by atoms with van der Waals surface area (Å²) < 4.78 is 50.4. The molecule has 0 fully saturated rings. The summed E-state index contributed by atoms with van der Waals surface area (Å²) in [7, 11) is 0. The van der Waals surface area contributed by atoms with E-state index < -0.39 is 35.2 Å². The molecule has 0 heterocycles. The molecular weight excluding hydrogens is 208 g/mol. The van der Waals surface area contributed by atoms with Crippen LogP contribution in [0.3, 0.4) is 0 Å². The molecule has 0 aromatic heterocycles. The van der Waals surface area contributed by atoms with Crippen LogP contribution < -0.4 is 0 Å². The molecule has 2 N–H and O–H groups in total.